The van der Waals surface area contributed by atoms with Crippen molar-refractivity contribution in [3.05, 3.63) is 46.0 Å². The first-order chi connectivity index (χ1) is 10.5. The van der Waals surface area contributed by atoms with E-state index in [4.69, 9.17) is 0 Å². The lowest BCUT2D eigenvalue weighted by molar-refractivity contribution is 0.0988. The number of fused-ring (bicyclic) bond motifs is 1. The van der Waals surface area contributed by atoms with E-state index in [1.54, 1.807) is 28.3 Å². The van der Waals surface area contributed by atoms with Gasteiger partial charge in [0.05, 0.1) is 10.2 Å². The molecular formula is C16H18N4OS. The first-order valence-corrected chi connectivity index (χ1v) is 8.00. The van der Waals surface area contributed by atoms with Crippen LogP contribution in [-0.2, 0) is 13.6 Å². The standard InChI is InChI=1S/C16H18N4OS/c1-5-20-12(6-7-17-20)15(21)18-16-19(4)13-9-10(2)8-11(3)14(13)22-16/h6-9H,5H2,1-4H3. The summed E-state index contributed by atoms with van der Waals surface area (Å²) in [7, 11) is 1.95. The fourth-order valence-electron chi connectivity index (χ4n) is 2.58. The van der Waals surface area contributed by atoms with Crippen LogP contribution in [0.2, 0.25) is 0 Å². The second-order valence-corrected chi connectivity index (χ2v) is 6.30. The maximum Gasteiger partial charge on any atom is 0.297 e. The zero-order chi connectivity index (χ0) is 15.9. The number of aromatic nitrogens is 3. The van der Waals surface area contributed by atoms with E-state index in [0.717, 1.165) is 5.52 Å². The van der Waals surface area contributed by atoms with Crippen LogP contribution in [0.25, 0.3) is 10.2 Å². The number of hydrogen-bond acceptors (Lipinski definition) is 3. The molecule has 114 valence electrons. The number of hydrogen-bond donors (Lipinski definition) is 0. The summed E-state index contributed by atoms with van der Waals surface area (Å²) in [5.74, 6) is -0.254. The maximum absolute atomic E-state index is 12.4. The summed E-state index contributed by atoms with van der Waals surface area (Å²) in [5.41, 5.74) is 4.05. The minimum absolute atomic E-state index is 0.254. The molecule has 6 heteroatoms. The molecule has 5 nitrogen and oxygen atoms in total. The van der Waals surface area contributed by atoms with Gasteiger partial charge in [0.15, 0.2) is 4.80 Å². The minimum atomic E-state index is -0.254. The fourth-order valence-corrected chi connectivity index (χ4v) is 3.65. The summed E-state index contributed by atoms with van der Waals surface area (Å²) in [5, 5.41) is 4.12. The third-order valence-corrected chi connectivity index (χ3v) is 4.96. The minimum Gasteiger partial charge on any atom is -0.319 e. The quantitative estimate of drug-likeness (QED) is 0.730. The SMILES string of the molecule is CCn1nccc1C(=O)N=c1sc2c(C)cc(C)cc2n1C. The van der Waals surface area contributed by atoms with Crippen LogP contribution in [0.4, 0.5) is 0 Å². The second kappa shape index (κ2) is 5.53. The zero-order valence-electron chi connectivity index (χ0n) is 13.1. The number of nitrogens with zero attached hydrogens (tertiary/aromatic N) is 4. The Hall–Kier alpha value is -2.21. The predicted octanol–water partition coefficient (Wildman–Crippen LogP) is 2.81. The highest BCUT2D eigenvalue weighted by molar-refractivity contribution is 7.16. The monoisotopic (exact) mass is 314 g/mol. The molecule has 0 unspecified atom stereocenters. The van der Waals surface area contributed by atoms with Gasteiger partial charge < -0.3 is 4.57 Å². The summed E-state index contributed by atoms with van der Waals surface area (Å²) in [6.07, 6.45) is 1.63. The van der Waals surface area contributed by atoms with Gasteiger partial charge in [0.2, 0.25) is 0 Å². The summed E-state index contributed by atoms with van der Waals surface area (Å²) >= 11 is 1.54. The van der Waals surface area contributed by atoms with Crippen molar-refractivity contribution in [2.24, 2.45) is 12.0 Å². The highest BCUT2D eigenvalue weighted by Gasteiger charge is 2.12. The topological polar surface area (TPSA) is 52.2 Å². The van der Waals surface area contributed by atoms with E-state index in [2.05, 4.69) is 36.1 Å². The lowest BCUT2D eigenvalue weighted by atomic mass is 10.1. The number of aryl methyl sites for hydroxylation is 4. The maximum atomic E-state index is 12.4. The van der Waals surface area contributed by atoms with Crippen LogP contribution in [0.15, 0.2) is 29.4 Å². The lowest BCUT2D eigenvalue weighted by Crippen LogP contribution is -2.15. The predicted molar refractivity (Wildman–Crippen MR) is 88.1 cm³/mol. The van der Waals surface area contributed by atoms with Crippen molar-refractivity contribution in [3.8, 4) is 0 Å². The van der Waals surface area contributed by atoms with E-state index < -0.39 is 0 Å². The molecule has 0 spiro atoms. The van der Waals surface area contributed by atoms with Crippen molar-refractivity contribution in [2.75, 3.05) is 0 Å². The molecule has 2 aromatic heterocycles. The molecule has 0 radical (unpaired) electrons. The number of benzene rings is 1. The van der Waals surface area contributed by atoms with E-state index in [1.165, 1.54) is 15.8 Å². The van der Waals surface area contributed by atoms with Gasteiger partial charge in [-0.1, -0.05) is 17.4 Å². The Morgan fingerprint density at radius 2 is 2.14 bits per heavy atom. The highest BCUT2D eigenvalue weighted by Crippen LogP contribution is 2.22. The Morgan fingerprint density at radius 3 is 2.86 bits per heavy atom. The van der Waals surface area contributed by atoms with E-state index in [-0.39, 0.29) is 5.91 Å². The molecule has 0 aliphatic carbocycles. The highest BCUT2D eigenvalue weighted by atomic mass is 32.1. The van der Waals surface area contributed by atoms with Crippen LogP contribution in [0.5, 0.6) is 0 Å². The van der Waals surface area contributed by atoms with E-state index in [9.17, 15) is 4.79 Å². The third kappa shape index (κ3) is 2.39. The third-order valence-electron chi connectivity index (χ3n) is 3.67. The van der Waals surface area contributed by atoms with Crippen LogP contribution in [0, 0.1) is 13.8 Å². The van der Waals surface area contributed by atoms with Gasteiger partial charge >= 0.3 is 0 Å². The van der Waals surface area contributed by atoms with Crippen molar-refractivity contribution in [2.45, 2.75) is 27.3 Å². The summed E-state index contributed by atoms with van der Waals surface area (Å²) in [6, 6.07) is 5.98. The smallest absolute Gasteiger partial charge is 0.297 e. The molecule has 0 saturated heterocycles. The molecule has 3 aromatic rings. The molecule has 2 heterocycles. The molecule has 0 aliphatic heterocycles. The van der Waals surface area contributed by atoms with Gasteiger partial charge in [-0.3, -0.25) is 9.48 Å². The van der Waals surface area contributed by atoms with Crippen molar-refractivity contribution in [1.82, 2.24) is 14.3 Å². The molecule has 3 rings (SSSR count). The summed E-state index contributed by atoms with van der Waals surface area (Å²) < 4.78 is 4.81. The Morgan fingerprint density at radius 1 is 1.36 bits per heavy atom. The van der Waals surface area contributed by atoms with Crippen LogP contribution < -0.4 is 4.80 Å². The largest absolute Gasteiger partial charge is 0.319 e. The molecule has 0 aliphatic rings. The van der Waals surface area contributed by atoms with Gasteiger partial charge in [0, 0.05) is 19.8 Å². The Kier molecular flexibility index (Phi) is 3.70. The second-order valence-electron chi connectivity index (χ2n) is 5.32. The van der Waals surface area contributed by atoms with Gasteiger partial charge in [0.25, 0.3) is 5.91 Å². The van der Waals surface area contributed by atoms with Gasteiger partial charge in [-0.2, -0.15) is 10.1 Å². The van der Waals surface area contributed by atoms with E-state index in [1.807, 2.05) is 18.5 Å². The molecule has 1 aromatic carbocycles. The molecule has 0 saturated carbocycles. The van der Waals surface area contributed by atoms with Crippen LogP contribution >= 0.6 is 11.3 Å². The Labute approximate surface area is 132 Å². The summed E-state index contributed by atoms with van der Waals surface area (Å²) in [6.45, 7) is 6.77. The lowest BCUT2D eigenvalue weighted by Gasteiger charge is -2.00. The number of rotatable bonds is 2. The normalized spacial score (nSPS) is 12.3. The first-order valence-electron chi connectivity index (χ1n) is 7.19. The van der Waals surface area contributed by atoms with Crippen molar-refractivity contribution in [1.29, 1.82) is 0 Å². The molecule has 0 fully saturated rings. The van der Waals surface area contributed by atoms with Crippen LogP contribution in [0.1, 0.15) is 28.5 Å². The molecule has 0 atom stereocenters. The summed E-state index contributed by atoms with van der Waals surface area (Å²) in [4.78, 5) is 17.4. The molecule has 0 bridgehead atoms. The average molecular weight is 314 g/mol. The van der Waals surface area contributed by atoms with Crippen LogP contribution in [-0.4, -0.2) is 20.3 Å². The van der Waals surface area contributed by atoms with Gasteiger partial charge in [-0.05, 0) is 44.0 Å². The van der Waals surface area contributed by atoms with Gasteiger partial charge in [-0.25, -0.2) is 0 Å². The first kappa shape index (κ1) is 14.7. The molecule has 1 amide bonds. The zero-order valence-corrected chi connectivity index (χ0v) is 13.9. The molecular weight excluding hydrogens is 296 g/mol. The van der Waals surface area contributed by atoms with E-state index >= 15 is 0 Å². The van der Waals surface area contributed by atoms with Crippen molar-refractivity contribution in [3.63, 3.8) is 0 Å². The molecule has 0 N–H and O–H groups in total. The van der Waals surface area contributed by atoms with Crippen molar-refractivity contribution < 1.29 is 4.79 Å². The Balaban J connectivity index is 2.16. The molecule has 22 heavy (non-hydrogen) atoms. The van der Waals surface area contributed by atoms with Crippen LogP contribution in [0.3, 0.4) is 0 Å². The van der Waals surface area contributed by atoms with Crippen molar-refractivity contribution >= 4 is 27.5 Å². The Bertz CT molecular complexity index is 929. The van der Waals surface area contributed by atoms with Gasteiger partial charge in [0.1, 0.15) is 5.69 Å². The average Bonchev–Trinajstić information content (AvgIpc) is 3.06. The number of amides is 1. The van der Waals surface area contributed by atoms with E-state index in [0.29, 0.717) is 17.0 Å². The number of thiazole rings is 1. The fraction of sp³-hybridized carbons (Fsp3) is 0.312. The number of carbonyl (C=O) groups is 1. The number of carbonyl (C=O) groups excluding carboxylic acids is 1. The van der Waals surface area contributed by atoms with Gasteiger partial charge in [-0.15, -0.1) is 0 Å².